The third kappa shape index (κ3) is 4.07. The molecule has 0 fully saturated rings. The number of para-hydroxylation sites is 1. The van der Waals surface area contributed by atoms with Crippen molar-refractivity contribution in [2.75, 3.05) is 18.9 Å². The summed E-state index contributed by atoms with van der Waals surface area (Å²) < 4.78 is 0. The molecule has 1 aromatic carbocycles. The molecule has 26 heavy (non-hydrogen) atoms. The fourth-order valence-corrected chi connectivity index (χ4v) is 3.45. The van der Waals surface area contributed by atoms with E-state index in [1.54, 1.807) is 24.3 Å². The van der Waals surface area contributed by atoms with Crippen molar-refractivity contribution in [1.29, 1.82) is 0 Å². The Morgan fingerprint density at radius 3 is 2.62 bits per heavy atom. The van der Waals surface area contributed by atoms with E-state index in [1.807, 2.05) is 17.5 Å². The zero-order valence-electron chi connectivity index (χ0n) is 13.6. The van der Waals surface area contributed by atoms with Gasteiger partial charge >= 0.3 is 0 Å². The summed E-state index contributed by atoms with van der Waals surface area (Å²) in [5.74, 6) is -0.783. The number of rotatable bonds is 5. The van der Waals surface area contributed by atoms with Gasteiger partial charge in [-0.05, 0) is 29.6 Å². The highest BCUT2D eigenvalue weighted by Crippen LogP contribution is 2.29. The molecule has 2 N–H and O–H groups in total. The number of hydrogen-bond acceptors (Lipinski definition) is 4. The second kappa shape index (κ2) is 7.90. The van der Waals surface area contributed by atoms with Gasteiger partial charge in [0.2, 0.25) is 5.91 Å². The molecule has 0 aliphatic rings. The zero-order chi connectivity index (χ0) is 18.7. The molecule has 3 rings (SSSR count). The van der Waals surface area contributed by atoms with Crippen molar-refractivity contribution in [3.63, 3.8) is 0 Å². The van der Waals surface area contributed by atoms with Crippen LogP contribution >= 0.6 is 34.5 Å². The van der Waals surface area contributed by atoms with Crippen LogP contribution in [0.3, 0.4) is 0 Å². The quantitative estimate of drug-likeness (QED) is 0.665. The topological polar surface area (TPSA) is 78.1 Å². The number of benzene rings is 1. The molecular formula is C17H14Cl2N4O2S. The number of hydrogen-bond donors (Lipinski definition) is 2. The molecule has 0 saturated carbocycles. The van der Waals surface area contributed by atoms with Crippen LogP contribution in [-0.4, -0.2) is 40.5 Å². The van der Waals surface area contributed by atoms with E-state index in [2.05, 4.69) is 15.5 Å². The van der Waals surface area contributed by atoms with Crippen molar-refractivity contribution in [2.45, 2.75) is 0 Å². The first-order chi connectivity index (χ1) is 12.5. The lowest BCUT2D eigenvalue weighted by molar-refractivity contribution is -0.116. The Balaban J connectivity index is 1.65. The Morgan fingerprint density at radius 2 is 1.96 bits per heavy atom. The van der Waals surface area contributed by atoms with Gasteiger partial charge in [0.1, 0.15) is 0 Å². The predicted octanol–water partition coefficient (Wildman–Crippen LogP) is 4.16. The van der Waals surface area contributed by atoms with E-state index in [1.165, 1.54) is 23.3 Å². The summed E-state index contributed by atoms with van der Waals surface area (Å²) in [5, 5.41) is 12.1. The molecule has 0 aliphatic carbocycles. The Bertz CT molecular complexity index is 920. The van der Waals surface area contributed by atoms with Gasteiger partial charge in [0.15, 0.2) is 5.69 Å². The maximum absolute atomic E-state index is 12.5. The van der Waals surface area contributed by atoms with Gasteiger partial charge in [0, 0.05) is 7.05 Å². The van der Waals surface area contributed by atoms with Gasteiger partial charge in [-0.15, -0.1) is 11.3 Å². The maximum atomic E-state index is 12.5. The molecule has 6 nitrogen and oxygen atoms in total. The molecule has 0 unspecified atom stereocenters. The molecule has 0 atom stereocenters. The van der Waals surface area contributed by atoms with Crippen molar-refractivity contribution in [3.05, 3.63) is 57.5 Å². The molecule has 0 radical (unpaired) electrons. The molecule has 0 spiro atoms. The van der Waals surface area contributed by atoms with E-state index in [0.29, 0.717) is 15.7 Å². The molecular weight excluding hydrogens is 395 g/mol. The molecule has 2 heterocycles. The molecule has 9 heteroatoms. The second-order valence-corrected chi connectivity index (χ2v) is 7.21. The monoisotopic (exact) mass is 408 g/mol. The van der Waals surface area contributed by atoms with Crippen LogP contribution in [-0.2, 0) is 4.79 Å². The van der Waals surface area contributed by atoms with Gasteiger partial charge < -0.3 is 10.2 Å². The minimum atomic E-state index is -0.412. The first-order valence-corrected chi connectivity index (χ1v) is 9.18. The number of nitrogens with one attached hydrogen (secondary N) is 2. The largest absolute Gasteiger partial charge is 0.331 e. The first-order valence-electron chi connectivity index (χ1n) is 7.54. The molecule has 2 aromatic heterocycles. The number of nitrogens with zero attached hydrogens (tertiary/aromatic N) is 2. The van der Waals surface area contributed by atoms with Gasteiger partial charge in [-0.25, -0.2) is 0 Å². The van der Waals surface area contributed by atoms with Crippen LogP contribution in [0.15, 0.2) is 41.8 Å². The summed E-state index contributed by atoms with van der Waals surface area (Å²) in [7, 11) is 1.52. The number of anilines is 1. The van der Waals surface area contributed by atoms with E-state index in [9.17, 15) is 9.59 Å². The van der Waals surface area contributed by atoms with Crippen LogP contribution in [0.2, 0.25) is 10.0 Å². The van der Waals surface area contributed by atoms with Gasteiger partial charge in [0.25, 0.3) is 5.91 Å². The fraction of sp³-hybridized carbons (Fsp3) is 0.118. The number of H-pyrrole nitrogens is 1. The summed E-state index contributed by atoms with van der Waals surface area (Å²) in [4.78, 5) is 26.9. The predicted molar refractivity (Wildman–Crippen MR) is 104 cm³/mol. The molecule has 0 aliphatic heterocycles. The van der Waals surface area contributed by atoms with E-state index in [4.69, 9.17) is 23.2 Å². The normalized spacial score (nSPS) is 10.6. The lowest BCUT2D eigenvalue weighted by Gasteiger charge is -2.16. The summed E-state index contributed by atoms with van der Waals surface area (Å²) >= 11 is 13.6. The van der Waals surface area contributed by atoms with Crippen LogP contribution in [0.5, 0.6) is 0 Å². The second-order valence-electron chi connectivity index (χ2n) is 5.45. The molecule has 0 saturated heterocycles. The summed E-state index contributed by atoms with van der Waals surface area (Å²) in [5.41, 5.74) is 1.31. The van der Waals surface area contributed by atoms with Gasteiger partial charge in [-0.2, -0.15) is 5.10 Å². The number of halogens is 2. The molecule has 134 valence electrons. The summed E-state index contributed by atoms with van der Waals surface area (Å²) in [6.45, 7) is -0.165. The standard InChI is InChI=1S/C17H14Cl2N4O2S/c1-23(9-15(24)20-16-10(18)4-2-5-11(16)19)17(25)13-8-12(21-22-13)14-6-3-7-26-14/h2-8H,9H2,1H3,(H,20,24)(H,21,22). The first kappa shape index (κ1) is 18.4. The van der Waals surface area contributed by atoms with Crippen LogP contribution in [0.1, 0.15) is 10.5 Å². The van der Waals surface area contributed by atoms with Gasteiger partial charge in [0.05, 0.1) is 32.8 Å². The van der Waals surface area contributed by atoms with Gasteiger partial charge in [-0.1, -0.05) is 35.3 Å². The Morgan fingerprint density at radius 1 is 1.23 bits per heavy atom. The highest BCUT2D eigenvalue weighted by atomic mass is 35.5. The highest BCUT2D eigenvalue weighted by Gasteiger charge is 2.19. The number of carbonyl (C=O) groups excluding carboxylic acids is 2. The van der Waals surface area contributed by atoms with Crippen molar-refractivity contribution in [2.24, 2.45) is 0 Å². The maximum Gasteiger partial charge on any atom is 0.274 e. The highest BCUT2D eigenvalue weighted by molar-refractivity contribution is 7.13. The average molecular weight is 409 g/mol. The lowest BCUT2D eigenvalue weighted by Crippen LogP contribution is -2.35. The van der Waals surface area contributed by atoms with E-state index >= 15 is 0 Å². The van der Waals surface area contributed by atoms with E-state index in [-0.39, 0.29) is 18.1 Å². The lowest BCUT2D eigenvalue weighted by atomic mass is 10.3. The number of amides is 2. The van der Waals surface area contributed by atoms with Crippen molar-refractivity contribution in [1.82, 2.24) is 15.1 Å². The zero-order valence-corrected chi connectivity index (χ0v) is 16.0. The number of carbonyl (C=O) groups is 2. The Kier molecular flexibility index (Phi) is 5.61. The summed E-state index contributed by atoms with van der Waals surface area (Å²) in [6.07, 6.45) is 0. The number of aromatic amines is 1. The fourth-order valence-electron chi connectivity index (χ4n) is 2.27. The Labute approximate surface area is 163 Å². The minimum absolute atomic E-state index is 0.165. The average Bonchev–Trinajstić information content (AvgIpc) is 3.28. The van der Waals surface area contributed by atoms with Crippen LogP contribution < -0.4 is 5.32 Å². The van der Waals surface area contributed by atoms with E-state index < -0.39 is 5.91 Å². The van der Waals surface area contributed by atoms with E-state index in [0.717, 1.165) is 10.6 Å². The number of aromatic nitrogens is 2. The smallest absolute Gasteiger partial charge is 0.274 e. The van der Waals surface area contributed by atoms with Crippen molar-refractivity contribution in [3.8, 4) is 10.6 Å². The third-order valence-electron chi connectivity index (χ3n) is 3.54. The number of thiophene rings is 1. The third-order valence-corrected chi connectivity index (χ3v) is 5.07. The summed E-state index contributed by atoms with van der Waals surface area (Å²) in [6, 6.07) is 10.4. The van der Waals surface area contributed by atoms with Crippen molar-refractivity contribution < 1.29 is 9.59 Å². The van der Waals surface area contributed by atoms with Crippen LogP contribution in [0.25, 0.3) is 10.6 Å². The van der Waals surface area contributed by atoms with Crippen LogP contribution in [0, 0.1) is 0 Å². The van der Waals surface area contributed by atoms with Gasteiger partial charge in [-0.3, -0.25) is 14.7 Å². The molecule has 3 aromatic rings. The molecule has 0 bridgehead atoms. The number of likely N-dealkylation sites (N-methyl/N-ethyl adjacent to an activating group) is 1. The SMILES string of the molecule is CN(CC(=O)Nc1c(Cl)cccc1Cl)C(=O)c1cc(-c2cccs2)[nH]n1. The molecule has 2 amide bonds. The van der Waals surface area contributed by atoms with Crippen LogP contribution in [0.4, 0.5) is 5.69 Å². The Hall–Kier alpha value is -2.35. The minimum Gasteiger partial charge on any atom is -0.331 e. The van der Waals surface area contributed by atoms with Crippen molar-refractivity contribution >= 4 is 52.0 Å².